The summed E-state index contributed by atoms with van der Waals surface area (Å²) in [5.74, 6) is 0. The summed E-state index contributed by atoms with van der Waals surface area (Å²) in [7, 11) is 0. The first-order valence-electron chi connectivity index (χ1n) is 22.1. The first-order chi connectivity index (χ1) is 31.7. The summed E-state index contributed by atoms with van der Waals surface area (Å²) >= 11 is 1.89. The molecule has 0 spiro atoms. The number of para-hydroxylation sites is 1. The van der Waals surface area contributed by atoms with Crippen LogP contribution in [0.5, 0.6) is 0 Å². The number of rotatable bonds is 7. The van der Waals surface area contributed by atoms with E-state index in [1.54, 1.807) is 0 Å². The number of aliphatic imine (C=N–C) groups is 1. The first-order valence-corrected chi connectivity index (χ1v) is 22.9. The Hall–Kier alpha value is -7.85. The zero-order valence-electron chi connectivity index (χ0n) is 34.9. The van der Waals surface area contributed by atoms with Crippen molar-refractivity contribution in [2.75, 3.05) is 4.90 Å². The van der Waals surface area contributed by atoms with Crippen molar-refractivity contribution in [1.82, 2.24) is 0 Å². The molecule has 1 aromatic heterocycles. The summed E-state index contributed by atoms with van der Waals surface area (Å²) in [5.41, 5.74) is 17.6. The van der Waals surface area contributed by atoms with E-state index in [4.69, 9.17) is 4.99 Å². The van der Waals surface area contributed by atoms with E-state index >= 15 is 0 Å². The Kier molecular flexibility index (Phi) is 8.40. The molecule has 64 heavy (non-hydrogen) atoms. The van der Waals surface area contributed by atoms with Gasteiger partial charge in [0, 0.05) is 54.6 Å². The molecule has 1 aliphatic carbocycles. The standard InChI is InChI=1S/C61H40N2S/c1-4-16-40(17-5-1)41-28-30-45(31-29-41)63(47-32-34-50-49-24-13-14-26-55(49)61(56(50)38-47,43-19-6-2-7-20-43)44-21-8-3-9-22-44)46-33-35-59-53(37-46)54-39-52(48-23-11-12-25-51(48)60(54)64-59)58-36-42-18-10-15-27-57(42)62-58/h1-35,37-39H,36H2. The Labute approximate surface area is 376 Å². The maximum atomic E-state index is 5.21. The van der Waals surface area contributed by atoms with Crippen LogP contribution in [0.25, 0.3) is 53.2 Å². The Balaban J connectivity index is 1.04. The molecule has 300 valence electrons. The van der Waals surface area contributed by atoms with Gasteiger partial charge in [-0.2, -0.15) is 0 Å². The third kappa shape index (κ3) is 5.61. The molecule has 0 saturated heterocycles. The van der Waals surface area contributed by atoms with E-state index in [0.29, 0.717) is 0 Å². The van der Waals surface area contributed by atoms with Gasteiger partial charge in [0.1, 0.15) is 0 Å². The highest BCUT2D eigenvalue weighted by molar-refractivity contribution is 7.26. The van der Waals surface area contributed by atoms with Crippen LogP contribution < -0.4 is 4.90 Å². The fourth-order valence-corrected chi connectivity index (χ4v) is 11.9. The van der Waals surface area contributed by atoms with Crippen molar-refractivity contribution in [3.63, 3.8) is 0 Å². The van der Waals surface area contributed by atoms with Gasteiger partial charge in [-0.05, 0) is 110 Å². The Morgan fingerprint density at radius 1 is 0.406 bits per heavy atom. The maximum Gasteiger partial charge on any atom is 0.0714 e. The second-order valence-corrected chi connectivity index (χ2v) is 18.1. The average Bonchev–Trinajstić information content (AvgIpc) is 4.06. The summed E-state index contributed by atoms with van der Waals surface area (Å²) in [6.45, 7) is 0. The smallest absolute Gasteiger partial charge is 0.0714 e. The van der Waals surface area contributed by atoms with Crippen LogP contribution in [0.1, 0.15) is 33.4 Å². The molecule has 11 aromatic rings. The van der Waals surface area contributed by atoms with E-state index in [-0.39, 0.29) is 0 Å². The van der Waals surface area contributed by atoms with Gasteiger partial charge in [0.2, 0.25) is 0 Å². The zero-order valence-corrected chi connectivity index (χ0v) is 35.8. The number of nitrogens with zero attached hydrogens (tertiary/aromatic N) is 2. The highest BCUT2D eigenvalue weighted by atomic mass is 32.1. The first kappa shape index (κ1) is 36.8. The van der Waals surface area contributed by atoms with Gasteiger partial charge in [-0.15, -0.1) is 11.3 Å². The van der Waals surface area contributed by atoms with Crippen molar-refractivity contribution in [3.8, 4) is 22.3 Å². The fourth-order valence-electron chi connectivity index (χ4n) is 10.7. The fraction of sp³-hybridized carbons (Fsp3) is 0.0328. The lowest BCUT2D eigenvalue weighted by Crippen LogP contribution is -2.28. The second-order valence-electron chi connectivity index (χ2n) is 17.0. The quantitative estimate of drug-likeness (QED) is 0.156. The van der Waals surface area contributed by atoms with E-state index in [0.717, 1.165) is 34.9 Å². The normalized spacial score (nSPS) is 13.5. The molecule has 2 nitrogen and oxygen atoms in total. The molecule has 2 heterocycles. The van der Waals surface area contributed by atoms with Crippen molar-refractivity contribution in [3.05, 3.63) is 264 Å². The van der Waals surface area contributed by atoms with Crippen molar-refractivity contribution < 1.29 is 0 Å². The Morgan fingerprint density at radius 3 is 1.77 bits per heavy atom. The van der Waals surface area contributed by atoms with E-state index in [1.807, 2.05) is 11.3 Å². The summed E-state index contributed by atoms with van der Waals surface area (Å²) in [5, 5.41) is 5.06. The van der Waals surface area contributed by atoms with Gasteiger partial charge < -0.3 is 4.90 Å². The lowest BCUT2D eigenvalue weighted by molar-refractivity contribution is 0.768. The summed E-state index contributed by atoms with van der Waals surface area (Å²) < 4.78 is 2.58. The molecule has 0 unspecified atom stereocenters. The van der Waals surface area contributed by atoms with Gasteiger partial charge in [0.25, 0.3) is 0 Å². The monoisotopic (exact) mass is 832 g/mol. The predicted octanol–water partition coefficient (Wildman–Crippen LogP) is 16.4. The van der Waals surface area contributed by atoms with Gasteiger partial charge >= 0.3 is 0 Å². The number of thiophene rings is 1. The van der Waals surface area contributed by atoms with Gasteiger partial charge in [0.05, 0.1) is 16.8 Å². The molecule has 0 radical (unpaired) electrons. The molecule has 1 aliphatic heterocycles. The number of benzene rings is 10. The van der Waals surface area contributed by atoms with E-state index in [2.05, 4.69) is 235 Å². The van der Waals surface area contributed by atoms with E-state index in [9.17, 15) is 0 Å². The van der Waals surface area contributed by atoms with Crippen molar-refractivity contribution in [1.29, 1.82) is 0 Å². The molecular formula is C61H40N2S. The topological polar surface area (TPSA) is 15.6 Å². The summed E-state index contributed by atoms with van der Waals surface area (Å²) in [4.78, 5) is 7.67. The largest absolute Gasteiger partial charge is 0.310 e. The van der Waals surface area contributed by atoms with Gasteiger partial charge in [0.15, 0.2) is 0 Å². The molecule has 0 fully saturated rings. The van der Waals surface area contributed by atoms with Crippen LogP contribution in [-0.4, -0.2) is 5.71 Å². The van der Waals surface area contributed by atoms with Gasteiger partial charge in [-0.1, -0.05) is 176 Å². The zero-order chi connectivity index (χ0) is 42.2. The third-order valence-corrected chi connectivity index (χ3v) is 14.8. The minimum absolute atomic E-state index is 0.513. The van der Waals surface area contributed by atoms with Gasteiger partial charge in [-0.25, -0.2) is 0 Å². The maximum absolute atomic E-state index is 5.21. The molecule has 2 aliphatic rings. The van der Waals surface area contributed by atoms with Crippen LogP contribution in [0.15, 0.2) is 236 Å². The predicted molar refractivity (Wildman–Crippen MR) is 271 cm³/mol. The number of fused-ring (bicyclic) bond motifs is 9. The molecule has 10 aromatic carbocycles. The second kappa shape index (κ2) is 14.6. The molecule has 0 N–H and O–H groups in total. The summed E-state index contributed by atoms with van der Waals surface area (Å²) in [6, 6.07) is 85.0. The highest BCUT2D eigenvalue weighted by Crippen LogP contribution is 2.57. The highest BCUT2D eigenvalue weighted by Gasteiger charge is 2.46. The lowest BCUT2D eigenvalue weighted by Gasteiger charge is -2.35. The SMILES string of the molecule is c1ccc(-c2ccc(N(c3ccc4c(c3)C(c3ccccc3)(c3ccccc3)c3ccccc3-4)c3ccc4sc5c6ccccc6c(C6=Nc7ccccc7C6)cc5c4c3)cc2)cc1. The van der Waals surface area contributed by atoms with Crippen molar-refractivity contribution in [2.24, 2.45) is 4.99 Å². The number of hydrogen-bond donors (Lipinski definition) is 0. The van der Waals surface area contributed by atoms with Crippen LogP contribution in [0.4, 0.5) is 22.7 Å². The molecule has 3 heteroatoms. The van der Waals surface area contributed by atoms with Crippen molar-refractivity contribution in [2.45, 2.75) is 11.8 Å². The lowest BCUT2D eigenvalue weighted by atomic mass is 9.67. The van der Waals surface area contributed by atoms with Crippen LogP contribution in [0.3, 0.4) is 0 Å². The van der Waals surface area contributed by atoms with E-state index < -0.39 is 5.41 Å². The van der Waals surface area contributed by atoms with Crippen LogP contribution in [0.2, 0.25) is 0 Å². The third-order valence-electron chi connectivity index (χ3n) is 13.6. The molecule has 0 bridgehead atoms. The molecular weight excluding hydrogens is 793 g/mol. The number of hydrogen-bond acceptors (Lipinski definition) is 3. The van der Waals surface area contributed by atoms with Crippen molar-refractivity contribution >= 4 is 70.7 Å². The molecule has 13 rings (SSSR count). The minimum atomic E-state index is -0.513. The van der Waals surface area contributed by atoms with E-state index in [1.165, 1.54) is 86.6 Å². The number of anilines is 3. The molecule has 0 atom stereocenters. The van der Waals surface area contributed by atoms with Crippen LogP contribution in [-0.2, 0) is 11.8 Å². The summed E-state index contributed by atoms with van der Waals surface area (Å²) in [6.07, 6.45) is 0.835. The molecule has 0 amide bonds. The van der Waals surface area contributed by atoms with Crippen LogP contribution >= 0.6 is 11.3 Å². The Morgan fingerprint density at radius 2 is 1.00 bits per heavy atom. The Bertz CT molecular complexity index is 3590. The van der Waals surface area contributed by atoms with Gasteiger partial charge in [-0.3, -0.25) is 4.99 Å². The molecule has 0 saturated carbocycles. The minimum Gasteiger partial charge on any atom is -0.310 e. The average molecular weight is 833 g/mol. The van der Waals surface area contributed by atoms with Crippen LogP contribution in [0, 0.1) is 0 Å².